The summed E-state index contributed by atoms with van der Waals surface area (Å²) in [6.45, 7) is 0.355. The molecule has 0 aliphatic heterocycles. The molecule has 0 atom stereocenters. The zero-order valence-corrected chi connectivity index (χ0v) is 9.96. The van der Waals surface area contributed by atoms with Crippen molar-refractivity contribution in [2.45, 2.75) is 24.7 Å². The van der Waals surface area contributed by atoms with Crippen molar-refractivity contribution in [2.75, 3.05) is 6.54 Å². The van der Waals surface area contributed by atoms with E-state index in [2.05, 4.69) is 10.1 Å². The molecule has 1 aliphatic carbocycles. The number of nitrogens with two attached hydrogens (primary N) is 1. The van der Waals surface area contributed by atoms with E-state index in [9.17, 15) is 18.0 Å². The zero-order valence-electron chi connectivity index (χ0n) is 9.96. The lowest BCUT2D eigenvalue weighted by atomic mass is 10.2. The molecule has 0 saturated heterocycles. The highest BCUT2D eigenvalue weighted by Crippen LogP contribution is 2.34. The van der Waals surface area contributed by atoms with Crippen LogP contribution in [0, 0.1) is 0 Å². The zero-order chi connectivity index (χ0) is 14.1. The molecular weight excluding hydrogens is 261 g/mol. The average Bonchev–Trinajstić information content (AvgIpc) is 3.08. The summed E-state index contributed by atoms with van der Waals surface area (Å²) in [5.74, 6) is -0.703. The van der Waals surface area contributed by atoms with E-state index in [0.29, 0.717) is 6.54 Å². The van der Waals surface area contributed by atoms with Gasteiger partial charge in [-0.3, -0.25) is 4.79 Å². The Morgan fingerprint density at radius 2 is 1.89 bits per heavy atom. The average molecular weight is 274 g/mol. The van der Waals surface area contributed by atoms with Crippen molar-refractivity contribution in [2.24, 2.45) is 5.73 Å². The van der Waals surface area contributed by atoms with Gasteiger partial charge in [-0.15, -0.1) is 13.2 Å². The van der Waals surface area contributed by atoms with Crippen molar-refractivity contribution in [1.29, 1.82) is 0 Å². The Labute approximate surface area is 107 Å². The summed E-state index contributed by atoms with van der Waals surface area (Å²) in [4.78, 5) is 11.8. The highest BCUT2D eigenvalue weighted by molar-refractivity contribution is 5.95. The Bertz CT molecular complexity index is 467. The van der Waals surface area contributed by atoms with Crippen LogP contribution < -0.4 is 15.8 Å². The molecule has 1 aromatic carbocycles. The first kappa shape index (κ1) is 13.7. The van der Waals surface area contributed by atoms with Crippen LogP contribution in [-0.4, -0.2) is 24.4 Å². The Morgan fingerprint density at radius 1 is 1.32 bits per heavy atom. The molecular formula is C12H13F3N2O2. The highest BCUT2D eigenvalue weighted by Gasteiger charge is 2.42. The second kappa shape index (κ2) is 4.73. The predicted molar refractivity (Wildman–Crippen MR) is 61.6 cm³/mol. The van der Waals surface area contributed by atoms with Gasteiger partial charge in [0, 0.05) is 12.1 Å². The van der Waals surface area contributed by atoms with Crippen LogP contribution in [0.5, 0.6) is 5.75 Å². The maximum atomic E-state index is 12.0. The maximum Gasteiger partial charge on any atom is 0.573 e. The summed E-state index contributed by atoms with van der Waals surface area (Å²) in [6.07, 6.45) is -3.09. The molecule has 4 nitrogen and oxygen atoms in total. The molecule has 0 aromatic heterocycles. The topological polar surface area (TPSA) is 64.3 Å². The standard InChI is InChI=1S/C12H13F3N2O2/c13-12(14,15)19-9-3-1-8(2-4-9)10(18)17-11(7-16)5-6-11/h1-4H,5-7,16H2,(H,17,18). The fraction of sp³-hybridized carbons (Fsp3) is 0.417. The largest absolute Gasteiger partial charge is 0.573 e. The molecule has 0 bridgehead atoms. The molecule has 19 heavy (non-hydrogen) atoms. The summed E-state index contributed by atoms with van der Waals surface area (Å²) < 4.78 is 39.6. The minimum Gasteiger partial charge on any atom is -0.406 e. The van der Waals surface area contributed by atoms with Gasteiger partial charge in [0.2, 0.25) is 0 Å². The van der Waals surface area contributed by atoms with E-state index in [0.717, 1.165) is 25.0 Å². The van der Waals surface area contributed by atoms with E-state index < -0.39 is 6.36 Å². The van der Waals surface area contributed by atoms with Crippen LogP contribution in [0.15, 0.2) is 24.3 Å². The number of halogens is 3. The van der Waals surface area contributed by atoms with Gasteiger partial charge in [-0.1, -0.05) is 0 Å². The van der Waals surface area contributed by atoms with Gasteiger partial charge in [0.15, 0.2) is 0 Å². The van der Waals surface area contributed by atoms with E-state index >= 15 is 0 Å². The Balaban J connectivity index is 2.00. The van der Waals surface area contributed by atoms with Crippen molar-refractivity contribution in [3.05, 3.63) is 29.8 Å². The molecule has 1 fully saturated rings. The van der Waals surface area contributed by atoms with Gasteiger partial charge in [-0.05, 0) is 37.1 Å². The molecule has 7 heteroatoms. The summed E-state index contributed by atoms with van der Waals surface area (Å²) in [5.41, 5.74) is 5.47. The normalized spacial score (nSPS) is 16.8. The molecule has 0 radical (unpaired) electrons. The monoisotopic (exact) mass is 274 g/mol. The second-order valence-electron chi connectivity index (χ2n) is 4.51. The van der Waals surface area contributed by atoms with Crippen molar-refractivity contribution in [3.63, 3.8) is 0 Å². The van der Waals surface area contributed by atoms with Gasteiger partial charge < -0.3 is 15.8 Å². The van der Waals surface area contributed by atoms with E-state index in [4.69, 9.17) is 5.73 Å². The van der Waals surface area contributed by atoms with Crippen LogP contribution in [0.3, 0.4) is 0 Å². The quantitative estimate of drug-likeness (QED) is 0.880. The van der Waals surface area contributed by atoms with Gasteiger partial charge >= 0.3 is 6.36 Å². The lowest BCUT2D eigenvalue weighted by molar-refractivity contribution is -0.274. The number of benzene rings is 1. The molecule has 1 amide bonds. The summed E-state index contributed by atoms with van der Waals surface area (Å²) >= 11 is 0. The smallest absolute Gasteiger partial charge is 0.406 e. The molecule has 2 rings (SSSR count). The van der Waals surface area contributed by atoms with Crippen molar-refractivity contribution in [3.8, 4) is 5.75 Å². The number of amides is 1. The second-order valence-corrected chi connectivity index (χ2v) is 4.51. The third-order valence-electron chi connectivity index (χ3n) is 2.97. The minimum absolute atomic E-state index is 0.272. The summed E-state index contributed by atoms with van der Waals surface area (Å²) in [6, 6.07) is 4.76. The van der Waals surface area contributed by atoms with Crippen LogP contribution >= 0.6 is 0 Å². The molecule has 0 heterocycles. The number of carbonyl (C=O) groups excluding carboxylic acids is 1. The highest BCUT2D eigenvalue weighted by atomic mass is 19.4. The molecule has 3 N–H and O–H groups in total. The fourth-order valence-electron chi connectivity index (χ4n) is 1.65. The van der Waals surface area contributed by atoms with E-state index in [-0.39, 0.29) is 22.8 Å². The minimum atomic E-state index is -4.73. The number of alkyl halides is 3. The molecule has 1 aliphatic rings. The molecule has 1 saturated carbocycles. The molecule has 0 spiro atoms. The first-order valence-corrected chi connectivity index (χ1v) is 5.72. The number of hydrogen-bond donors (Lipinski definition) is 2. The lowest BCUT2D eigenvalue weighted by Crippen LogP contribution is -2.42. The number of carbonyl (C=O) groups is 1. The van der Waals surface area contributed by atoms with Crippen molar-refractivity contribution < 1.29 is 22.7 Å². The van der Waals surface area contributed by atoms with Crippen LogP contribution in [0.2, 0.25) is 0 Å². The maximum absolute atomic E-state index is 12.0. The van der Waals surface area contributed by atoms with Crippen LogP contribution in [0.1, 0.15) is 23.2 Å². The Morgan fingerprint density at radius 3 is 2.32 bits per heavy atom. The van der Waals surface area contributed by atoms with Crippen LogP contribution in [0.4, 0.5) is 13.2 Å². The van der Waals surface area contributed by atoms with E-state index in [1.165, 1.54) is 12.1 Å². The van der Waals surface area contributed by atoms with Crippen LogP contribution in [-0.2, 0) is 0 Å². The Kier molecular flexibility index (Phi) is 3.40. The van der Waals surface area contributed by atoms with Crippen molar-refractivity contribution in [1.82, 2.24) is 5.32 Å². The van der Waals surface area contributed by atoms with Gasteiger partial charge in [-0.2, -0.15) is 0 Å². The van der Waals surface area contributed by atoms with Gasteiger partial charge in [0.1, 0.15) is 5.75 Å². The first-order chi connectivity index (χ1) is 8.84. The summed E-state index contributed by atoms with van der Waals surface area (Å²) in [7, 11) is 0. The molecule has 0 unspecified atom stereocenters. The molecule has 104 valence electrons. The summed E-state index contributed by atoms with van der Waals surface area (Å²) in [5, 5.41) is 2.77. The third-order valence-corrected chi connectivity index (χ3v) is 2.97. The Hall–Kier alpha value is -1.76. The van der Waals surface area contributed by atoms with E-state index in [1.807, 2.05) is 0 Å². The predicted octanol–water partition coefficient (Wildman–Crippen LogP) is 1.81. The van der Waals surface area contributed by atoms with E-state index in [1.54, 1.807) is 0 Å². The van der Waals surface area contributed by atoms with Gasteiger partial charge in [-0.25, -0.2) is 0 Å². The number of rotatable bonds is 4. The van der Waals surface area contributed by atoms with Gasteiger partial charge in [0.25, 0.3) is 5.91 Å². The molecule has 1 aromatic rings. The van der Waals surface area contributed by atoms with Crippen LogP contribution in [0.25, 0.3) is 0 Å². The number of nitrogens with one attached hydrogen (secondary N) is 1. The fourth-order valence-corrected chi connectivity index (χ4v) is 1.65. The number of hydrogen-bond acceptors (Lipinski definition) is 3. The number of ether oxygens (including phenoxy) is 1. The third kappa shape index (κ3) is 3.60. The first-order valence-electron chi connectivity index (χ1n) is 5.72. The SMILES string of the molecule is NCC1(NC(=O)c2ccc(OC(F)(F)F)cc2)CC1. The van der Waals surface area contributed by atoms with Gasteiger partial charge in [0.05, 0.1) is 5.54 Å². The van der Waals surface area contributed by atoms with Crippen molar-refractivity contribution >= 4 is 5.91 Å². The lowest BCUT2D eigenvalue weighted by Gasteiger charge is -2.15.